The van der Waals surface area contributed by atoms with Gasteiger partial charge in [-0.25, -0.2) is 15.4 Å². The Kier molecular flexibility index (Phi) is 4.42. The number of nitrogens with one attached hydrogen (secondary N) is 1. The zero-order valence-corrected chi connectivity index (χ0v) is 15.4. The van der Waals surface area contributed by atoms with E-state index >= 15 is 0 Å². The zero-order chi connectivity index (χ0) is 19.0. The first-order valence-electron chi connectivity index (χ1n) is 8.63. The minimum absolute atomic E-state index is 0.214. The third kappa shape index (κ3) is 2.99. The molecule has 1 fully saturated rings. The van der Waals surface area contributed by atoms with E-state index in [1.807, 2.05) is 61.5 Å². The lowest BCUT2D eigenvalue weighted by molar-refractivity contribution is -0.129. The Hall–Kier alpha value is -2.76. The maximum atomic E-state index is 12.3. The molecule has 0 unspecified atom stereocenters. The van der Waals surface area contributed by atoms with Gasteiger partial charge in [-0.2, -0.15) is 0 Å². The van der Waals surface area contributed by atoms with Gasteiger partial charge < -0.3 is 0 Å². The SMILES string of the molecule is Cc1cnc(-c2ccc([C@@H]3[C@@H](c4ccccc4)[C@@]3(Cl)C(=O)NO)cc2)nc1. The Labute approximate surface area is 162 Å². The van der Waals surface area contributed by atoms with Crippen molar-refractivity contribution in [2.75, 3.05) is 0 Å². The molecule has 5 nitrogen and oxygen atoms in total. The van der Waals surface area contributed by atoms with Crippen LogP contribution in [0.2, 0.25) is 0 Å². The van der Waals surface area contributed by atoms with Crippen LogP contribution in [0.3, 0.4) is 0 Å². The van der Waals surface area contributed by atoms with Crippen molar-refractivity contribution < 1.29 is 10.0 Å². The summed E-state index contributed by atoms with van der Waals surface area (Å²) in [6, 6.07) is 17.4. The van der Waals surface area contributed by atoms with E-state index in [0.717, 1.165) is 22.3 Å². The van der Waals surface area contributed by atoms with Crippen LogP contribution in [0.25, 0.3) is 11.4 Å². The highest BCUT2D eigenvalue weighted by Gasteiger charge is 2.69. The van der Waals surface area contributed by atoms with Crippen molar-refractivity contribution in [1.29, 1.82) is 0 Å². The summed E-state index contributed by atoms with van der Waals surface area (Å²) in [7, 11) is 0. The van der Waals surface area contributed by atoms with Crippen LogP contribution >= 0.6 is 11.6 Å². The summed E-state index contributed by atoms with van der Waals surface area (Å²) in [5.41, 5.74) is 5.50. The van der Waals surface area contributed by atoms with Crippen LogP contribution < -0.4 is 5.48 Å². The topological polar surface area (TPSA) is 75.1 Å². The zero-order valence-electron chi connectivity index (χ0n) is 14.6. The van der Waals surface area contributed by atoms with E-state index in [2.05, 4.69) is 9.97 Å². The van der Waals surface area contributed by atoms with Crippen LogP contribution in [-0.4, -0.2) is 26.0 Å². The fourth-order valence-corrected chi connectivity index (χ4v) is 4.12. The highest BCUT2D eigenvalue weighted by atomic mass is 35.5. The number of nitrogens with zero attached hydrogens (tertiary/aromatic N) is 2. The number of halogens is 1. The molecule has 3 aromatic rings. The molecular weight excluding hydrogens is 362 g/mol. The molecule has 1 amide bonds. The van der Waals surface area contributed by atoms with Crippen molar-refractivity contribution in [1.82, 2.24) is 15.4 Å². The van der Waals surface area contributed by atoms with Gasteiger partial charge in [0.25, 0.3) is 5.91 Å². The Morgan fingerprint density at radius 2 is 1.56 bits per heavy atom. The van der Waals surface area contributed by atoms with Crippen molar-refractivity contribution in [3.8, 4) is 11.4 Å². The Morgan fingerprint density at radius 3 is 2.11 bits per heavy atom. The van der Waals surface area contributed by atoms with Gasteiger partial charge in [0.05, 0.1) is 0 Å². The summed E-state index contributed by atoms with van der Waals surface area (Å²) in [4.78, 5) is 19.7. The number of aromatic nitrogens is 2. The third-order valence-corrected chi connectivity index (χ3v) is 5.69. The maximum absolute atomic E-state index is 12.3. The van der Waals surface area contributed by atoms with Gasteiger partial charge in [-0.3, -0.25) is 10.0 Å². The average molecular weight is 380 g/mol. The summed E-state index contributed by atoms with van der Waals surface area (Å²) < 4.78 is 0. The first kappa shape index (κ1) is 17.6. The number of carbonyl (C=O) groups excluding carboxylic acids is 1. The van der Waals surface area contributed by atoms with Gasteiger partial charge in [0, 0.05) is 29.8 Å². The van der Waals surface area contributed by atoms with Crippen LogP contribution in [0.5, 0.6) is 0 Å². The number of benzene rings is 2. The molecule has 1 saturated carbocycles. The number of aryl methyl sites for hydroxylation is 1. The highest BCUT2D eigenvalue weighted by Crippen LogP contribution is 2.67. The molecule has 136 valence electrons. The molecule has 0 aliphatic heterocycles. The van der Waals surface area contributed by atoms with E-state index in [4.69, 9.17) is 16.8 Å². The summed E-state index contributed by atoms with van der Waals surface area (Å²) >= 11 is 6.67. The largest absolute Gasteiger partial charge is 0.289 e. The molecule has 6 heteroatoms. The van der Waals surface area contributed by atoms with Crippen molar-refractivity contribution in [2.24, 2.45) is 0 Å². The van der Waals surface area contributed by atoms with Gasteiger partial charge in [0.15, 0.2) is 5.82 Å². The number of carbonyl (C=O) groups is 1. The Bertz CT molecular complexity index is 961. The normalized spacial score (nSPS) is 23.7. The van der Waals surface area contributed by atoms with Crippen LogP contribution in [0, 0.1) is 6.92 Å². The molecule has 3 atom stereocenters. The van der Waals surface area contributed by atoms with Gasteiger partial charge in [0.1, 0.15) is 4.87 Å². The number of hydrogen-bond donors (Lipinski definition) is 2. The lowest BCUT2D eigenvalue weighted by Gasteiger charge is -2.07. The van der Waals surface area contributed by atoms with Crippen molar-refractivity contribution >= 4 is 17.5 Å². The molecule has 1 aromatic heterocycles. The van der Waals surface area contributed by atoms with E-state index in [0.29, 0.717) is 5.82 Å². The molecule has 1 aliphatic carbocycles. The fourth-order valence-electron chi connectivity index (χ4n) is 3.64. The van der Waals surface area contributed by atoms with Crippen molar-refractivity contribution in [2.45, 2.75) is 23.6 Å². The molecule has 2 aromatic carbocycles. The second kappa shape index (κ2) is 6.76. The summed E-state index contributed by atoms with van der Waals surface area (Å²) in [6.07, 6.45) is 3.55. The smallest absolute Gasteiger partial charge is 0.265 e. The van der Waals surface area contributed by atoms with Gasteiger partial charge >= 0.3 is 0 Å². The molecule has 27 heavy (non-hydrogen) atoms. The Morgan fingerprint density at radius 1 is 1.00 bits per heavy atom. The molecule has 1 heterocycles. The van der Waals surface area contributed by atoms with Crippen LogP contribution in [0.15, 0.2) is 67.0 Å². The van der Waals surface area contributed by atoms with Gasteiger partial charge in [0.2, 0.25) is 0 Å². The summed E-state index contributed by atoms with van der Waals surface area (Å²) in [5.74, 6) is -0.391. The molecule has 0 radical (unpaired) electrons. The number of hydroxylamine groups is 1. The molecular formula is C21H18ClN3O2. The van der Waals surface area contributed by atoms with Gasteiger partial charge in [-0.1, -0.05) is 54.6 Å². The monoisotopic (exact) mass is 379 g/mol. The first-order chi connectivity index (χ1) is 13.1. The third-order valence-electron chi connectivity index (χ3n) is 5.05. The minimum atomic E-state index is -1.21. The molecule has 0 bridgehead atoms. The summed E-state index contributed by atoms with van der Waals surface area (Å²) in [6.45, 7) is 1.94. The average Bonchev–Trinajstić information content (AvgIpc) is 3.35. The lowest BCUT2D eigenvalue weighted by atomic mass is 10.0. The predicted molar refractivity (Wildman–Crippen MR) is 103 cm³/mol. The first-order valence-corrected chi connectivity index (χ1v) is 9.01. The van der Waals surface area contributed by atoms with E-state index in [1.54, 1.807) is 17.9 Å². The van der Waals surface area contributed by atoms with Gasteiger partial charge in [-0.05, 0) is 23.6 Å². The number of hydrogen-bond acceptors (Lipinski definition) is 4. The van der Waals surface area contributed by atoms with Crippen LogP contribution in [0.1, 0.15) is 28.5 Å². The van der Waals surface area contributed by atoms with E-state index in [9.17, 15) is 4.79 Å². The molecule has 1 aliphatic rings. The maximum Gasteiger partial charge on any atom is 0.265 e. The van der Waals surface area contributed by atoms with Crippen LogP contribution in [-0.2, 0) is 4.79 Å². The molecule has 0 saturated heterocycles. The van der Waals surface area contributed by atoms with E-state index < -0.39 is 10.8 Å². The molecule has 0 spiro atoms. The van der Waals surface area contributed by atoms with Crippen LogP contribution in [0.4, 0.5) is 0 Å². The predicted octanol–water partition coefficient (Wildman–Crippen LogP) is 3.82. The number of amides is 1. The molecule has 2 N–H and O–H groups in total. The number of alkyl halides is 1. The highest BCUT2D eigenvalue weighted by molar-refractivity contribution is 6.39. The lowest BCUT2D eigenvalue weighted by Crippen LogP contribution is -2.32. The quantitative estimate of drug-likeness (QED) is 0.410. The standard InChI is InChI=1S/C21H18ClN3O2/c1-13-11-23-19(24-12-13)16-9-7-15(8-10-16)18-17(14-5-3-2-4-6-14)21(18,22)20(26)25-27/h2-12,17-18,27H,1H3,(H,25,26)/t17-,18-,21+/m1/s1. The van der Waals surface area contributed by atoms with Crippen molar-refractivity contribution in [3.05, 3.63) is 83.7 Å². The van der Waals surface area contributed by atoms with E-state index in [1.165, 1.54) is 0 Å². The van der Waals surface area contributed by atoms with Crippen molar-refractivity contribution in [3.63, 3.8) is 0 Å². The fraction of sp³-hybridized carbons (Fsp3) is 0.190. The molecule has 4 rings (SSSR count). The second-order valence-corrected chi connectivity index (χ2v) is 7.41. The number of rotatable bonds is 4. The second-order valence-electron chi connectivity index (χ2n) is 6.78. The van der Waals surface area contributed by atoms with E-state index in [-0.39, 0.29) is 11.8 Å². The van der Waals surface area contributed by atoms with Gasteiger partial charge in [-0.15, -0.1) is 11.6 Å². The Balaban J connectivity index is 1.67. The summed E-state index contributed by atoms with van der Waals surface area (Å²) in [5, 5.41) is 9.15. The minimum Gasteiger partial charge on any atom is -0.289 e.